The van der Waals surface area contributed by atoms with E-state index in [4.69, 9.17) is 4.42 Å². The summed E-state index contributed by atoms with van der Waals surface area (Å²) >= 11 is 1.95. The van der Waals surface area contributed by atoms with Crippen molar-refractivity contribution in [2.45, 2.75) is 37.5 Å². The second kappa shape index (κ2) is 13.2. The first kappa shape index (κ1) is 35.0. The molecule has 5 aliphatic carbocycles. The van der Waals surface area contributed by atoms with E-state index in [0.717, 1.165) is 40.1 Å². The van der Waals surface area contributed by atoms with Crippen molar-refractivity contribution in [3.8, 4) is 11.1 Å². The second-order valence-electron chi connectivity index (χ2n) is 18.5. The first-order chi connectivity index (χ1) is 30.7. The van der Waals surface area contributed by atoms with Crippen molar-refractivity contribution in [2.24, 2.45) is 23.7 Å². The van der Waals surface area contributed by atoms with Crippen LogP contribution in [0.3, 0.4) is 0 Å². The van der Waals surface area contributed by atoms with Crippen LogP contribution in [0.25, 0.3) is 53.2 Å². The monoisotopic (exact) mass is 816 g/mol. The first-order valence-electron chi connectivity index (χ1n) is 22.5. The Morgan fingerprint density at radius 2 is 1.03 bits per heavy atom. The molecule has 0 radical (unpaired) electrons. The highest BCUT2D eigenvalue weighted by molar-refractivity contribution is 7.26. The lowest BCUT2D eigenvalue weighted by atomic mass is 9.43. The molecule has 298 valence electrons. The van der Waals surface area contributed by atoms with E-state index in [0.29, 0.717) is 11.8 Å². The highest BCUT2D eigenvalue weighted by Crippen LogP contribution is 2.72. The molecule has 1 spiro atoms. The van der Waals surface area contributed by atoms with E-state index >= 15 is 0 Å². The number of thiophene rings is 1. The fraction of sp³-hybridized carbons (Fsp3) is 0.172. The van der Waals surface area contributed by atoms with Gasteiger partial charge in [-0.05, 0) is 151 Å². The molecule has 0 amide bonds. The minimum Gasteiger partial charge on any atom is -0.456 e. The van der Waals surface area contributed by atoms with Gasteiger partial charge in [-0.1, -0.05) is 97.1 Å². The Kier molecular flexibility index (Phi) is 7.45. The number of benzene rings is 8. The Hall–Kier alpha value is -6.62. The molecule has 4 fully saturated rings. The molecule has 8 aromatic carbocycles. The molecule has 0 saturated heterocycles. The Morgan fingerprint density at radius 3 is 1.65 bits per heavy atom. The topological polar surface area (TPSA) is 19.6 Å². The van der Waals surface area contributed by atoms with Gasteiger partial charge in [0, 0.05) is 71.7 Å². The SMILES string of the molecule is c1ccc(N(c2ccccc2)c2ccc3c(c2)oc2c4c(ccc23)-c2c(cc(N(c3ccccc3)c3ccccc3)c3sc5ccccc5c23)C42C3CC4CC(C3)CC2C4)cc1. The summed E-state index contributed by atoms with van der Waals surface area (Å²) in [6.07, 6.45) is 6.61. The number of para-hydroxylation sites is 4. The van der Waals surface area contributed by atoms with Gasteiger partial charge in [0.1, 0.15) is 11.2 Å². The van der Waals surface area contributed by atoms with Gasteiger partial charge in [0.25, 0.3) is 0 Å². The average molecular weight is 817 g/mol. The number of nitrogens with zero attached hydrogens (tertiary/aromatic N) is 2. The molecule has 2 heterocycles. The minimum absolute atomic E-state index is 0.139. The predicted octanol–water partition coefficient (Wildman–Crippen LogP) is 16.6. The number of furan rings is 1. The highest BCUT2D eigenvalue weighted by Gasteiger charge is 2.63. The van der Waals surface area contributed by atoms with Gasteiger partial charge in [-0.2, -0.15) is 0 Å². The van der Waals surface area contributed by atoms with Crippen LogP contribution in [0.5, 0.6) is 0 Å². The lowest BCUT2D eigenvalue weighted by Gasteiger charge is -2.61. The molecule has 15 rings (SSSR count). The van der Waals surface area contributed by atoms with Gasteiger partial charge in [0.2, 0.25) is 0 Å². The molecule has 0 unspecified atom stereocenters. The molecule has 0 aliphatic heterocycles. The molecule has 5 aliphatic rings. The van der Waals surface area contributed by atoms with E-state index in [1.165, 1.54) is 102 Å². The van der Waals surface area contributed by atoms with E-state index in [9.17, 15) is 0 Å². The lowest BCUT2D eigenvalue weighted by molar-refractivity contribution is -0.0396. The third-order valence-corrected chi connectivity index (χ3v) is 16.6. The van der Waals surface area contributed by atoms with Crippen LogP contribution in [0, 0.1) is 23.7 Å². The summed E-state index contributed by atoms with van der Waals surface area (Å²) in [6.45, 7) is 0. The smallest absolute Gasteiger partial charge is 0.140 e. The van der Waals surface area contributed by atoms with Gasteiger partial charge in [0.05, 0.1) is 10.4 Å². The molecule has 0 N–H and O–H groups in total. The standard InChI is InChI=1S/C58H44N2OS/c1-5-15-40(16-6-1)59(41-17-7-2-8-18-41)44-25-26-45-46-27-28-48-53-49(58(55(48)56(46)61-51(45)34-44)38-30-36-29-37(32-38)33-39(58)31-36)35-50(57-54(53)47-23-13-14-24-52(47)62-57)60(42-19-9-3-10-20-42)43-21-11-4-12-22-43/h1-28,34-39H,29-33H2. The van der Waals surface area contributed by atoms with Crippen molar-refractivity contribution in [1.82, 2.24) is 0 Å². The van der Waals surface area contributed by atoms with Crippen molar-refractivity contribution in [2.75, 3.05) is 9.80 Å². The maximum absolute atomic E-state index is 7.48. The molecular weight excluding hydrogens is 773 g/mol. The Balaban J connectivity index is 1.07. The fourth-order valence-electron chi connectivity index (χ4n) is 13.3. The van der Waals surface area contributed by atoms with E-state index < -0.39 is 0 Å². The predicted molar refractivity (Wildman–Crippen MR) is 259 cm³/mol. The van der Waals surface area contributed by atoms with Crippen molar-refractivity contribution in [3.05, 3.63) is 193 Å². The molecule has 2 aromatic heterocycles. The van der Waals surface area contributed by atoms with Crippen LogP contribution in [-0.4, -0.2) is 0 Å². The molecule has 3 nitrogen and oxygen atoms in total. The second-order valence-corrected chi connectivity index (χ2v) is 19.5. The highest BCUT2D eigenvalue weighted by atomic mass is 32.1. The normalized spacial score (nSPS) is 21.9. The Labute approximate surface area is 365 Å². The largest absolute Gasteiger partial charge is 0.456 e. The maximum atomic E-state index is 7.48. The molecule has 4 heteroatoms. The summed E-state index contributed by atoms with van der Waals surface area (Å²) < 4.78 is 10.2. The number of anilines is 6. The van der Waals surface area contributed by atoms with Crippen LogP contribution < -0.4 is 9.80 Å². The zero-order valence-corrected chi connectivity index (χ0v) is 35.2. The minimum atomic E-state index is -0.139. The maximum Gasteiger partial charge on any atom is 0.140 e. The van der Waals surface area contributed by atoms with Gasteiger partial charge in [-0.3, -0.25) is 0 Å². The molecule has 10 aromatic rings. The molecule has 4 bridgehead atoms. The summed E-state index contributed by atoms with van der Waals surface area (Å²) in [4.78, 5) is 4.88. The summed E-state index contributed by atoms with van der Waals surface area (Å²) in [7, 11) is 0. The van der Waals surface area contributed by atoms with Gasteiger partial charge >= 0.3 is 0 Å². The van der Waals surface area contributed by atoms with Crippen molar-refractivity contribution < 1.29 is 4.42 Å². The number of hydrogen-bond acceptors (Lipinski definition) is 4. The molecular formula is C58H44N2OS. The number of fused-ring (bicyclic) bond motifs is 11. The van der Waals surface area contributed by atoms with Gasteiger partial charge in [0.15, 0.2) is 0 Å². The van der Waals surface area contributed by atoms with E-state index in [2.05, 4.69) is 192 Å². The summed E-state index contributed by atoms with van der Waals surface area (Å²) in [5.41, 5.74) is 14.8. The third-order valence-electron chi connectivity index (χ3n) is 15.4. The molecule has 0 atom stereocenters. The van der Waals surface area contributed by atoms with Crippen LogP contribution in [0.4, 0.5) is 34.1 Å². The third kappa shape index (κ3) is 4.82. The number of rotatable bonds is 6. The Bertz CT molecular complexity index is 3260. The van der Waals surface area contributed by atoms with E-state index in [-0.39, 0.29) is 5.41 Å². The summed E-state index contributed by atoms with van der Waals surface area (Å²) in [5.74, 6) is 2.78. The summed E-state index contributed by atoms with van der Waals surface area (Å²) in [5, 5.41) is 5.18. The lowest BCUT2D eigenvalue weighted by Crippen LogP contribution is -2.55. The quantitative estimate of drug-likeness (QED) is 0.167. The van der Waals surface area contributed by atoms with Crippen LogP contribution in [0.2, 0.25) is 0 Å². The summed E-state index contributed by atoms with van der Waals surface area (Å²) in [6, 6.07) is 67.1. The van der Waals surface area contributed by atoms with E-state index in [1.807, 2.05) is 11.3 Å². The fourth-order valence-corrected chi connectivity index (χ4v) is 14.6. The van der Waals surface area contributed by atoms with Crippen LogP contribution in [0.15, 0.2) is 186 Å². The van der Waals surface area contributed by atoms with Gasteiger partial charge in [-0.15, -0.1) is 11.3 Å². The van der Waals surface area contributed by atoms with E-state index in [1.54, 1.807) is 0 Å². The van der Waals surface area contributed by atoms with Crippen LogP contribution in [-0.2, 0) is 5.41 Å². The zero-order chi connectivity index (χ0) is 40.5. The van der Waals surface area contributed by atoms with Crippen LogP contribution >= 0.6 is 11.3 Å². The van der Waals surface area contributed by atoms with Crippen LogP contribution in [0.1, 0.15) is 43.2 Å². The average Bonchev–Trinajstić information content (AvgIpc) is 3.98. The Morgan fingerprint density at radius 1 is 0.484 bits per heavy atom. The molecule has 4 saturated carbocycles. The van der Waals surface area contributed by atoms with Crippen molar-refractivity contribution in [3.63, 3.8) is 0 Å². The number of hydrogen-bond donors (Lipinski definition) is 0. The van der Waals surface area contributed by atoms with Crippen molar-refractivity contribution in [1.29, 1.82) is 0 Å². The zero-order valence-electron chi connectivity index (χ0n) is 34.4. The first-order valence-corrected chi connectivity index (χ1v) is 23.3. The van der Waals surface area contributed by atoms with Gasteiger partial charge in [-0.25, -0.2) is 0 Å². The van der Waals surface area contributed by atoms with Gasteiger partial charge < -0.3 is 14.2 Å². The molecule has 62 heavy (non-hydrogen) atoms. The van der Waals surface area contributed by atoms with Crippen molar-refractivity contribution >= 4 is 87.6 Å².